The summed E-state index contributed by atoms with van der Waals surface area (Å²) in [4.78, 5) is 75.2. The molecule has 52 heavy (non-hydrogen) atoms. The summed E-state index contributed by atoms with van der Waals surface area (Å²) >= 11 is 1.11. The second kappa shape index (κ2) is 26.6. The first-order valence-corrected chi connectivity index (χ1v) is 19.3. The molecule has 1 aromatic heterocycles. The summed E-state index contributed by atoms with van der Waals surface area (Å²) in [5.74, 6) is -0.219. The van der Waals surface area contributed by atoms with Crippen molar-refractivity contribution >= 4 is 59.8 Å². The van der Waals surface area contributed by atoms with Gasteiger partial charge in [0.1, 0.15) is 13.1 Å². The minimum absolute atomic E-state index is 0.0616. The molecule has 5 N–H and O–H groups in total. The Morgan fingerprint density at radius 1 is 1.08 bits per heavy atom. The van der Waals surface area contributed by atoms with E-state index in [0.717, 1.165) is 55.7 Å². The van der Waals surface area contributed by atoms with Gasteiger partial charge in [-0.25, -0.2) is 0 Å². The zero-order valence-corrected chi connectivity index (χ0v) is 33.3. The Morgan fingerprint density at radius 2 is 1.67 bits per heavy atom. The number of hydrogen-bond acceptors (Lipinski definition) is 10. The van der Waals surface area contributed by atoms with Crippen LogP contribution in [0.1, 0.15) is 75.0 Å². The Balaban J connectivity index is 0. The predicted molar refractivity (Wildman–Crippen MR) is 201 cm³/mol. The van der Waals surface area contributed by atoms with Gasteiger partial charge in [-0.3, -0.25) is 18.9 Å². The molecule has 1 aromatic carbocycles. The molecule has 0 aliphatic carbocycles. The lowest BCUT2D eigenvalue weighted by Gasteiger charge is -2.25. The Bertz CT molecular complexity index is 1410. The molecule has 0 saturated carbocycles. The van der Waals surface area contributed by atoms with Crippen LogP contribution in [-0.2, 0) is 29.4 Å². The fourth-order valence-corrected chi connectivity index (χ4v) is 6.41. The molecule has 18 heteroatoms. The van der Waals surface area contributed by atoms with Gasteiger partial charge in [0, 0.05) is 69.8 Å². The molecule has 14 nitrogen and oxygen atoms in total. The monoisotopic (exact) mass is 781 g/mol. The molecule has 2 atom stereocenters. The number of nitrogens with zero attached hydrogens (tertiary/aromatic N) is 3. The van der Waals surface area contributed by atoms with Gasteiger partial charge in [-0.15, -0.1) is 11.3 Å². The van der Waals surface area contributed by atoms with Gasteiger partial charge < -0.3 is 49.8 Å². The van der Waals surface area contributed by atoms with E-state index in [0.29, 0.717) is 40.5 Å². The first-order chi connectivity index (χ1) is 24.4. The number of aliphatic hydroxyl groups excluding tert-OH is 1. The van der Waals surface area contributed by atoms with Crippen LogP contribution in [0.15, 0.2) is 24.3 Å². The number of β-amino-alcohol motifs (C(OH)–C–C–N with tert-alkyl or cyclic N) is 1. The van der Waals surface area contributed by atoms with Crippen molar-refractivity contribution in [2.45, 2.75) is 77.6 Å². The molecular weight excluding hydrogens is 723 g/mol. The molecule has 4 rings (SSSR count). The normalized spacial score (nSPS) is 16.5. The number of carbonyl (C=O) groups is 5. The maximum atomic E-state index is 13.6. The van der Waals surface area contributed by atoms with Gasteiger partial charge in [-0.2, -0.15) is 8.78 Å². The lowest BCUT2D eigenvalue weighted by atomic mass is 10.1. The summed E-state index contributed by atoms with van der Waals surface area (Å²) in [5, 5.41) is 14.4. The van der Waals surface area contributed by atoms with E-state index in [1.807, 2.05) is 34.7 Å². The topological polar surface area (TPSA) is 197 Å². The molecule has 0 bridgehead atoms. The van der Waals surface area contributed by atoms with Crippen molar-refractivity contribution in [3.8, 4) is 0 Å². The Labute approximate surface area is 310 Å². The van der Waals surface area contributed by atoms with Crippen molar-refractivity contribution in [1.29, 1.82) is 0 Å². The van der Waals surface area contributed by atoms with E-state index in [9.17, 15) is 32.5 Å². The highest BCUT2D eigenvalue weighted by Gasteiger charge is 2.50. The summed E-state index contributed by atoms with van der Waals surface area (Å²) in [5.41, 5.74) is -5.03. The van der Waals surface area contributed by atoms with E-state index >= 15 is 0 Å². The zero-order chi connectivity index (χ0) is 40.7. The third kappa shape index (κ3) is 17.6. The Kier molecular flexibility index (Phi) is 26.0. The Morgan fingerprint density at radius 3 is 2.08 bits per heavy atom. The van der Waals surface area contributed by atoms with E-state index in [4.69, 9.17) is 19.7 Å². The number of alkyl halides is 2. The minimum atomic E-state index is -5.60. The first-order valence-electron chi connectivity index (χ1n) is 16.8. The van der Waals surface area contributed by atoms with Gasteiger partial charge in [0.25, 0.3) is 5.91 Å². The van der Waals surface area contributed by atoms with Crippen LogP contribution in [0.5, 0.6) is 0 Å². The van der Waals surface area contributed by atoms with E-state index in [1.54, 1.807) is 16.7 Å². The average Bonchev–Trinajstić information content (AvgIpc) is 3.86. The van der Waals surface area contributed by atoms with Crippen molar-refractivity contribution in [2.24, 2.45) is 0 Å². The summed E-state index contributed by atoms with van der Waals surface area (Å²) in [6.45, 7) is 12.8. The number of halogens is 2. The van der Waals surface area contributed by atoms with E-state index in [1.165, 1.54) is 45.5 Å². The highest BCUT2D eigenvalue weighted by molar-refractivity contribution is 7.52. The SMILES string of the molecule is C=O.CC.CC(=O)N(CCC=O)CCC1CCCN1C.CC(=O)N1CCC(O)C1.CNC.CNC(=O)c1cc2cc(C(F)(F)P(=O)(O)O)ccc2s1. The van der Waals surface area contributed by atoms with E-state index in [2.05, 4.69) is 22.6 Å². The van der Waals surface area contributed by atoms with Crippen LogP contribution in [0.3, 0.4) is 0 Å². The molecule has 2 aliphatic heterocycles. The predicted octanol–water partition coefficient (Wildman–Crippen LogP) is 3.67. The molecule has 2 unspecified atom stereocenters. The number of benzene rings is 1. The molecule has 3 amide bonds. The largest absolute Gasteiger partial charge is 0.399 e. The second-order valence-electron chi connectivity index (χ2n) is 11.5. The van der Waals surface area contributed by atoms with E-state index in [-0.39, 0.29) is 23.8 Å². The molecule has 2 aliphatic rings. The molecule has 2 saturated heterocycles. The van der Waals surface area contributed by atoms with Gasteiger partial charge in [0.2, 0.25) is 11.8 Å². The lowest BCUT2D eigenvalue weighted by molar-refractivity contribution is -0.129. The minimum Gasteiger partial charge on any atom is -0.391 e. The summed E-state index contributed by atoms with van der Waals surface area (Å²) < 4.78 is 38.6. The molecule has 0 radical (unpaired) electrons. The van der Waals surface area contributed by atoms with Gasteiger partial charge in [0.15, 0.2) is 0 Å². The number of rotatable bonds is 9. The quantitative estimate of drug-likeness (QED) is 0.184. The van der Waals surface area contributed by atoms with Crippen molar-refractivity contribution in [3.63, 3.8) is 0 Å². The average molecular weight is 782 g/mol. The maximum Gasteiger partial charge on any atom is 0.399 e. The van der Waals surface area contributed by atoms with Crippen LogP contribution < -0.4 is 10.6 Å². The van der Waals surface area contributed by atoms with Gasteiger partial charge in [0.05, 0.1) is 11.0 Å². The van der Waals surface area contributed by atoms with Crippen LogP contribution in [0.4, 0.5) is 8.78 Å². The molecule has 2 aromatic rings. The Hall–Kier alpha value is -3.18. The van der Waals surface area contributed by atoms with Gasteiger partial charge >= 0.3 is 13.3 Å². The molecule has 2 fully saturated rings. The van der Waals surface area contributed by atoms with Crippen molar-refractivity contribution in [2.75, 3.05) is 60.9 Å². The van der Waals surface area contributed by atoms with Gasteiger partial charge in [-0.05, 0) is 77.0 Å². The number of aldehydes is 1. The number of hydrogen-bond donors (Lipinski definition) is 5. The third-order valence-electron chi connectivity index (χ3n) is 7.65. The zero-order valence-electron chi connectivity index (χ0n) is 31.6. The second-order valence-corrected chi connectivity index (χ2v) is 14.2. The molecule has 3 heterocycles. The number of aliphatic hydroxyl groups is 1. The molecule has 298 valence electrons. The number of carbonyl (C=O) groups excluding carboxylic acids is 5. The van der Waals surface area contributed by atoms with Crippen LogP contribution in [0.25, 0.3) is 10.1 Å². The third-order valence-corrected chi connectivity index (χ3v) is 9.76. The number of thiophene rings is 1. The maximum absolute atomic E-state index is 13.6. The van der Waals surface area contributed by atoms with Crippen molar-refractivity contribution in [1.82, 2.24) is 25.3 Å². The fourth-order valence-electron chi connectivity index (χ4n) is 4.95. The summed E-state index contributed by atoms with van der Waals surface area (Å²) in [7, 11) is 1.74. The lowest BCUT2D eigenvalue weighted by Crippen LogP contribution is -2.35. The van der Waals surface area contributed by atoms with Crippen LogP contribution in [0, 0.1) is 0 Å². The standard InChI is InChI=1S/C12H22N2O2.C11H10F2NO4PS.C6H11NO2.C2H7N.C2H6.CH2O/c1-11(16)14(8-4-10-15)9-6-12-5-3-7-13(12)2;1-14-10(15)9-5-6-4-7(2-3-8(6)20-9)11(12,13)19(16,17)18;1-5(8)7-3-2-6(9)4-7;1-3-2;2*1-2/h10,12H,3-9H2,1-2H3;2-5H,1H3,(H,14,15)(H2,16,17,18);6,9H,2-4H2,1H3;3H,1-2H3;1-2H3;1H2. The van der Waals surface area contributed by atoms with Crippen molar-refractivity contribution in [3.05, 3.63) is 34.7 Å². The van der Waals surface area contributed by atoms with Crippen LogP contribution >= 0.6 is 18.9 Å². The van der Waals surface area contributed by atoms with E-state index < -0.39 is 18.8 Å². The highest BCUT2D eigenvalue weighted by atomic mass is 32.1. The van der Waals surface area contributed by atoms with Gasteiger partial charge in [-0.1, -0.05) is 19.9 Å². The molecule has 0 spiro atoms. The smallest absolute Gasteiger partial charge is 0.391 e. The summed E-state index contributed by atoms with van der Waals surface area (Å²) in [6.07, 6.45) is 5.28. The number of nitrogens with one attached hydrogen (secondary N) is 2. The fraction of sp³-hybridized carbons (Fsp3) is 0.618. The first kappa shape index (κ1) is 50.9. The van der Waals surface area contributed by atoms with Crippen LogP contribution in [-0.4, -0.2) is 133 Å². The number of fused-ring (bicyclic) bond motifs is 1. The van der Waals surface area contributed by atoms with Crippen LogP contribution in [0.2, 0.25) is 0 Å². The van der Waals surface area contributed by atoms with Crippen molar-refractivity contribution < 1.29 is 52.2 Å². The highest BCUT2D eigenvalue weighted by Crippen LogP contribution is 2.59. The molecular formula is C34H58F2N5O9PS. The number of likely N-dealkylation sites (tertiary alicyclic amines) is 2. The summed E-state index contributed by atoms with van der Waals surface area (Å²) in [6, 6.07) is 5.25. The number of amides is 3.